The molecule has 0 atom stereocenters. The lowest BCUT2D eigenvalue weighted by Crippen LogP contribution is -2.47. The first-order valence-electron chi connectivity index (χ1n) is 8.11. The number of nitrogens with zero attached hydrogens (tertiary/aromatic N) is 3. The van der Waals surface area contributed by atoms with Gasteiger partial charge in [-0.2, -0.15) is 0 Å². The van der Waals surface area contributed by atoms with Gasteiger partial charge in [-0.25, -0.2) is 14.1 Å². The summed E-state index contributed by atoms with van der Waals surface area (Å²) in [7, 11) is 0. The third-order valence-electron chi connectivity index (χ3n) is 4.23. The first-order chi connectivity index (χ1) is 11.8. The monoisotopic (exact) mass is 346 g/mol. The number of hydrogen-bond acceptors (Lipinski definition) is 4. The molecule has 25 heavy (non-hydrogen) atoms. The molecule has 8 heteroatoms. The number of hydrogen-bond donors (Lipinski definition) is 2. The highest BCUT2D eigenvalue weighted by Gasteiger charge is 2.36. The molecular formula is C17H19FN4O3. The minimum absolute atomic E-state index is 0.00765. The van der Waals surface area contributed by atoms with Crippen molar-refractivity contribution in [3.63, 3.8) is 0 Å². The minimum atomic E-state index is -0.846. The van der Waals surface area contributed by atoms with Crippen molar-refractivity contribution in [1.82, 2.24) is 20.1 Å². The van der Waals surface area contributed by atoms with E-state index in [-0.39, 0.29) is 17.8 Å². The standard InChI is InChI=1S/C17H19FN4O3/c1-9(2)15-20-14(16(23)19-12-6-10(7-12)17(24)25)21-22(15)13-5-3-4-11(18)8-13/h3-5,8-10,12H,6-7H2,1-2H3,(H,19,23)(H,24,25). The van der Waals surface area contributed by atoms with Crippen molar-refractivity contribution in [3.05, 3.63) is 41.7 Å². The van der Waals surface area contributed by atoms with Crippen LogP contribution in [0.15, 0.2) is 24.3 Å². The fraction of sp³-hybridized carbons (Fsp3) is 0.412. The molecule has 0 bridgehead atoms. The lowest BCUT2D eigenvalue weighted by Gasteiger charge is -2.32. The highest BCUT2D eigenvalue weighted by atomic mass is 19.1. The summed E-state index contributed by atoms with van der Waals surface area (Å²) in [6.07, 6.45) is 0.811. The quantitative estimate of drug-likeness (QED) is 0.864. The second-order valence-electron chi connectivity index (χ2n) is 6.52. The SMILES string of the molecule is CC(C)c1nc(C(=O)NC2CC(C(=O)O)C2)nn1-c1cccc(F)c1. The molecule has 1 aliphatic carbocycles. The van der Waals surface area contributed by atoms with Gasteiger partial charge in [0.05, 0.1) is 11.6 Å². The molecule has 7 nitrogen and oxygen atoms in total. The summed E-state index contributed by atoms with van der Waals surface area (Å²) in [5, 5.41) is 15.8. The van der Waals surface area contributed by atoms with Crippen molar-refractivity contribution in [1.29, 1.82) is 0 Å². The predicted octanol–water partition coefficient (Wildman–Crippen LogP) is 2.12. The molecule has 1 aliphatic rings. The molecule has 2 aromatic rings. The maximum Gasteiger partial charge on any atom is 0.306 e. The van der Waals surface area contributed by atoms with Crippen LogP contribution in [0.3, 0.4) is 0 Å². The number of halogens is 1. The Morgan fingerprint density at radius 1 is 1.36 bits per heavy atom. The third kappa shape index (κ3) is 3.52. The molecular weight excluding hydrogens is 327 g/mol. The lowest BCUT2D eigenvalue weighted by atomic mass is 9.80. The van der Waals surface area contributed by atoms with Gasteiger partial charge >= 0.3 is 5.97 Å². The second kappa shape index (κ2) is 6.62. The van der Waals surface area contributed by atoms with Crippen LogP contribution in [0.5, 0.6) is 0 Å². The van der Waals surface area contributed by atoms with E-state index >= 15 is 0 Å². The Labute approximate surface area is 143 Å². The van der Waals surface area contributed by atoms with Gasteiger partial charge in [-0.1, -0.05) is 19.9 Å². The number of carboxylic acids is 1. The highest BCUT2D eigenvalue weighted by molar-refractivity contribution is 5.91. The van der Waals surface area contributed by atoms with Gasteiger partial charge in [0, 0.05) is 12.0 Å². The minimum Gasteiger partial charge on any atom is -0.481 e. The van der Waals surface area contributed by atoms with E-state index in [1.54, 1.807) is 12.1 Å². The predicted molar refractivity (Wildman–Crippen MR) is 87.0 cm³/mol. The van der Waals surface area contributed by atoms with E-state index in [9.17, 15) is 14.0 Å². The number of rotatable bonds is 5. The number of carbonyl (C=O) groups excluding carboxylic acids is 1. The van der Waals surface area contributed by atoms with Gasteiger partial charge in [0.1, 0.15) is 11.6 Å². The Balaban J connectivity index is 1.80. The second-order valence-corrected chi connectivity index (χ2v) is 6.52. The van der Waals surface area contributed by atoms with Crippen molar-refractivity contribution >= 4 is 11.9 Å². The molecule has 0 spiro atoms. The Hall–Kier alpha value is -2.77. The van der Waals surface area contributed by atoms with E-state index < -0.39 is 23.6 Å². The summed E-state index contributed by atoms with van der Waals surface area (Å²) >= 11 is 0. The molecule has 1 fully saturated rings. The van der Waals surface area contributed by atoms with E-state index in [2.05, 4.69) is 15.4 Å². The van der Waals surface area contributed by atoms with Crippen molar-refractivity contribution in [3.8, 4) is 5.69 Å². The van der Waals surface area contributed by atoms with Crippen LogP contribution in [0, 0.1) is 11.7 Å². The number of nitrogens with one attached hydrogen (secondary N) is 1. The largest absolute Gasteiger partial charge is 0.481 e. The van der Waals surface area contributed by atoms with Crippen LogP contribution in [-0.4, -0.2) is 37.8 Å². The van der Waals surface area contributed by atoms with Crippen LogP contribution in [0.25, 0.3) is 5.69 Å². The number of amides is 1. The summed E-state index contributed by atoms with van der Waals surface area (Å²) < 4.78 is 15.0. The number of carboxylic acid groups (broad SMARTS) is 1. The summed E-state index contributed by atoms with van der Waals surface area (Å²) in [4.78, 5) is 27.4. The molecule has 0 aliphatic heterocycles. The van der Waals surface area contributed by atoms with Crippen molar-refractivity contribution in [2.75, 3.05) is 0 Å². The van der Waals surface area contributed by atoms with E-state index in [0.717, 1.165) is 0 Å². The van der Waals surface area contributed by atoms with Crippen LogP contribution in [0.1, 0.15) is 49.1 Å². The van der Waals surface area contributed by atoms with Crippen LogP contribution < -0.4 is 5.32 Å². The number of aliphatic carboxylic acids is 1. The molecule has 1 aromatic heterocycles. The molecule has 132 valence electrons. The fourth-order valence-electron chi connectivity index (χ4n) is 2.78. The zero-order valence-corrected chi connectivity index (χ0v) is 13.9. The van der Waals surface area contributed by atoms with Gasteiger partial charge in [0.25, 0.3) is 5.91 Å². The Kier molecular flexibility index (Phi) is 4.52. The normalized spacial score (nSPS) is 19.5. The highest BCUT2D eigenvalue weighted by Crippen LogP contribution is 2.27. The van der Waals surface area contributed by atoms with Crippen LogP contribution in [0.4, 0.5) is 4.39 Å². The maximum absolute atomic E-state index is 13.5. The first-order valence-corrected chi connectivity index (χ1v) is 8.11. The van der Waals surface area contributed by atoms with Crippen LogP contribution >= 0.6 is 0 Å². The molecule has 1 heterocycles. The molecule has 0 radical (unpaired) electrons. The zero-order valence-electron chi connectivity index (χ0n) is 13.9. The summed E-state index contributed by atoms with van der Waals surface area (Å²) in [5.74, 6) is -1.58. The molecule has 1 saturated carbocycles. The van der Waals surface area contributed by atoms with Gasteiger partial charge in [0.15, 0.2) is 0 Å². The average molecular weight is 346 g/mol. The third-order valence-corrected chi connectivity index (χ3v) is 4.23. The molecule has 1 aromatic carbocycles. The number of carbonyl (C=O) groups is 2. The molecule has 3 rings (SSSR count). The van der Waals surface area contributed by atoms with E-state index in [0.29, 0.717) is 24.4 Å². The Morgan fingerprint density at radius 3 is 2.68 bits per heavy atom. The topological polar surface area (TPSA) is 97.1 Å². The fourth-order valence-corrected chi connectivity index (χ4v) is 2.78. The van der Waals surface area contributed by atoms with Crippen molar-refractivity contribution in [2.24, 2.45) is 5.92 Å². The van der Waals surface area contributed by atoms with Crippen molar-refractivity contribution < 1.29 is 19.1 Å². The van der Waals surface area contributed by atoms with Gasteiger partial charge in [-0.3, -0.25) is 9.59 Å². The van der Waals surface area contributed by atoms with Crippen LogP contribution in [0.2, 0.25) is 0 Å². The lowest BCUT2D eigenvalue weighted by molar-refractivity contribution is -0.145. The van der Waals surface area contributed by atoms with E-state index in [4.69, 9.17) is 5.11 Å². The number of benzene rings is 1. The maximum atomic E-state index is 13.5. The van der Waals surface area contributed by atoms with Crippen LogP contribution in [-0.2, 0) is 4.79 Å². The summed E-state index contributed by atoms with van der Waals surface area (Å²) in [6, 6.07) is 5.73. The summed E-state index contributed by atoms with van der Waals surface area (Å²) in [5.41, 5.74) is 0.491. The summed E-state index contributed by atoms with van der Waals surface area (Å²) in [6.45, 7) is 3.82. The van der Waals surface area contributed by atoms with E-state index in [1.807, 2.05) is 13.8 Å². The Morgan fingerprint density at radius 2 is 2.08 bits per heavy atom. The number of aromatic nitrogens is 3. The first kappa shape index (κ1) is 17.1. The smallest absolute Gasteiger partial charge is 0.306 e. The molecule has 0 unspecified atom stereocenters. The zero-order chi connectivity index (χ0) is 18.1. The van der Waals surface area contributed by atoms with Gasteiger partial charge in [-0.05, 0) is 31.0 Å². The van der Waals surface area contributed by atoms with Gasteiger partial charge in [-0.15, -0.1) is 5.10 Å². The average Bonchev–Trinajstić information content (AvgIpc) is 2.95. The van der Waals surface area contributed by atoms with E-state index in [1.165, 1.54) is 16.8 Å². The Bertz CT molecular complexity index is 812. The molecule has 0 saturated heterocycles. The van der Waals surface area contributed by atoms with Gasteiger partial charge in [0.2, 0.25) is 5.82 Å². The van der Waals surface area contributed by atoms with Crippen molar-refractivity contribution in [2.45, 2.75) is 38.6 Å². The molecule has 1 amide bonds. The molecule has 2 N–H and O–H groups in total. The van der Waals surface area contributed by atoms with Gasteiger partial charge < -0.3 is 10.4 Å².